The molecule has 0 saturated heterocycles. The number of aliphatic imine (C=N–C) groups is 1. The summed E-state index contributed by atoms with van der Waals surface area (Å²) in [5.41, 5.74) is 3.73. The van der Waals surface area contributed by atoms with Gasteiger partial charge in [-0.15, -0.1) is 0 Å². The maximum atomic E-state index is 12.6. The molecule has 0 radical (unpaired) electrons. The Morgan fingerprint density at radius 3 is 2.52 bits per heavy atom. The van der Waals surface area contributed by atoms with Gasteiger partial charge in [0, 0.05) is 24.2 Å². The van der Waals surface area contributed by atoms with Crippen molar-refractivity contribution in [2.24, 2.45) is 10.9 Å². The predicted octanol–water partition coefficient (Wildman–Crippen LogP) is 2.26. The van der Waals surface area contributed by atoms with Crippen LogP contribution in [-0.4, -0.2) is 35.5 Å². The van der Waals surface area contributed by atoms with Crippen molar-refractivity contribution in [1.29, 1.82) is 5.41 Å². The summed E-state index contributed by atoms with van der Waals surface area (Å²) in [5, 5.41) is 19.6. The number of hydrogen-bond donors (Lipinski definition) is 4. The van der Waals surface area contributed by atoms with Crippen molar-refractivity contribution < 1.29 is 14.8 Å². The van der Waals surface area contributed by atoms with Crippen LogP contribution in [0, 0.1) is 11.3 Å². The lowest BCUT2D eigenvalue weighted by atomic mass is 9.83. The molecule has 0 aromatic heterocycles. The van der Waals surface area contributed by atoms with Gasteiger partial charge in [0.25, 0.3) is 11.8 Å². The van der Waals surface area contributed by atoms with Gasteiger partial charge in [-0.2, -0.15) is 0 Å². The number of benzene rings is 1. The Morgan fingerprint density at radius 1 is 1.28 bits per heavy atom. The quantitative estimate of drug-likeness (QED) is 0.373. The van der Waals surface area contributed by atoms with Gasteiger partial charge in [0.1, 0.15) is 5.71 Å². The lowest BCUT2D eigenvalue weighted by Crippen LogP contribution is -2.40. The van der Waals surface area contributed by atoms with Crippen molar-refractivity contribution in [3.63, 3.8) is 0 Å². The van der Waals surface area contributed by atoms with E-state index in [9.17, 15) is 9.59 Å². The van der Waals surface area contributed by atoms with Crippen LogP contribution in [0.4, 0.5) is 0 Å². The Hall–Kier alpha value is -2.54. The molecule has 134 valence electrons. The summed E-state index contributed by atoms with van der Waals surface area (Å²) in [6, 6.07) is 6.33. The molecule has 2 unspecified atom stereocenters. The topological polar surface area (TPSA) is 115 Å². The van der Waals surface area contributed by atoms with Gasteiger partial charge >= 0.3 is 0 Å². The molecule has 0 heterocycles. The third kappa shape index (κ3) is 4.51. The summed E-state index contributed by atoms with van der Waals surface area (Å²) in [7, 11) is 1.59. The summed E-state index contributed by atoms with van der Waals surface area (Å²) >= 11 is 0. The van der Waals surface area contributed by atoms with Gasteiger partial charge in [-0.25, -0.2) is 5.48 Å². The van der Waals surface area contributed by atoms with E-state index in [2.05, 4.69) is 10.3 Å². The van der Waals surface area contributed by atoms with Crippen LogP contribution in [0.5, 0.6) is 0 Å². The highest BCUT2D eigenvalue weighted by Crippen LogP contribution is 2.23. The fraction of sp³-hybridized carbons (Fsp3) is 0.444. The van der Waals surface area contributed by atoms with Gasteiger partial charge in [-0.3, -0.25) is 19.8 Å². The molecule has 1 fully saturated rings. The van der Waals surface area contributed by atoms with Crippen LogP contribution in [0.2, 0.25) is 0 Å². The van der Waals surface area contributed by atoms with E-state index in [-0.39, 0.29) is 17.9 Å². The second-order valence-corrected chi connectivity index (χ2v) is 6.19. The van der Waals surface area contributed by atoms with E-state index in [1.807, 2.05) is 6.92 Å². The molecule has 1 aliphatic carbocycles. The summed E-state index contributed by atoms with van der Waals surface area (Å²) in [6.07, 6.45) is 3.51. The molecule has 2 atom stereocenters. The SMILES string of the molecule is CN=C(C(=O)NC(C)c1ccc(C(=O)NO)cc1)C1CCCCC1=N. The second-order valence-electron chi connectivity index (χ2n) is 6.19. The molecule has 2 amide bonds. The van der Waals surface area contributed by atoms with Crippen LogP contribution in [0.15, 0.2) is 29.3 Å². The number of carbonyl (C=O) groups excluding carboxylic acids is 2. The van der Waals surface area contributed by atoms with Crippen LogP contribution < -0.4 is 10.8 Å². The third-order valence-corrected chi connectivity index (χ3v) is 4.54. The molecule has 2 rings (SSSR count). The molecule has 1 saturated carbocycles. The number of nitrogens with zero attached hydrogens (tertiary/aromatic N) is 1. The normalized spacial score (nSPS) is 19.2. The zero-order chi connectivity index (χ0) is 18.4. The Balaban J connectivity index is 2.05. The number of carbonyl (C=O) groups is 2. The monoisotopic (exact) mass is 344 g/mol. The van der Waals surface area contributed by atoms with E-state index in [4.69, 9.17) is 10.6 Å². The average molecular weight is 344 g/mol. The zero-order valence-electron chi connectivity index (χ0n) is 14.5. The number of hydroxylamine groups is 1. The number of hydrogen-bond acceptors (Lipinski definition) is 5. The lowest BCUT2D eigenvalue weighted by molar-refractivity contribution is -0.115. The van der Waals surface area contributed by atoms with E-state index in [1.54, 1.807) is 36.8 Å². The first-order valence-corrected chi connectivity index (χ1v) is 8.37. The largest absolute Gasteiger partial charge is 0.344 e. The fourth-order valence-electron chi connectivity index (χ4n) is 3.07. The van der Waals surface area contributed by atoms with Gasteiger partial charge in [0.05, 0.1) is 6.04 Å². The Morgan fingerprint density at radius 2 is 1.96 bits per heavy atom. The number of rotatable bonds is 5. The molecule has 25 heavy (non-hydrogen) atoms. The van der Waals surface area contributed by atoms with Crippen LogP contribution in [0.25, 0.3) is 0 Å². The van der Waals surface area contributed by atoms with Crippen LogP contribution >= 0.6 is 0 Å². The smallest absolute Gasteiger partial charge is 0.274 e. The number of nitrogens with one attached hydrogen (secondary N) is 3. The van der Waals surface area contributed by atoms with Crippen LogP contribution in [0.1, 0.15) is 54.6 Å². The zero-order valence-corrected chi connectivity index (χ0v) is 14.5. The first kappa shape index (κ1) is 18.8. The molecule has 0 spiro atoms. The maximum Gasteiger partial charge on any atom is 0.274 e. The van der Waals surface area contributed by atoms with E-state index in [0.717, 1.165) is 31.2 Å². The van der Waals surface area contributed by atoms with Crippen LogP contribution in [0.3, 0.4) is 0 Å². The van der Waals surface area contributed by atoms with E-state index in [1.165, 1.54) is 0 Å². The summed E-state index contributed by atoms with van der Waals surface area (Å²) < 4.78 is 0. The lowest BCUT2D eigenvalue weighted by Gasteiger charge is -2.25. The highest BCUT2D eigenvalue weighted by molar-refractivity contribution is 6.43. The van der Waals surface area contributed by atoms with Gasteiger partial charge < -0.3 is 10.7 Å². The molecule has 7 heteroatoms. The summed E-state index contributed by atoms with van der Waals surface area (Å²) in [4.78, 5) is 28.1. The van der Waals surface area contributed by atoms with Gasteiger partial charge in [0.15, 0.2) is 0 Å². The Kier molecular flexibility index (Phi) is 6.41. The highest BCUT2D eigenvalue weighted by Gasteiger charge is 2.29. The molecule has 0 bridgehead atoms. The van der Waals surface area contributed by atoms with Gasteiger partial charge in [-0.1, -0.05) is 18.6 Å². The number of amides is 2. The summed E-state index contributed by atoms with van der Waals surface area (Å²) in [6.45, 7) is 1.85. The van der Waals surface area contributed by atoms with Gasteiger partial charge in [0.2, 0.25) is 0 Å². The molecule has 1 aliphatic rings. The van der Waals surface area contributed by atoms with Crippen molar-refractivity contribution in [3.8, 4) is 0 Å². The molecule has 7 nitrogen and oxygen atoms in total. The second kappa shape index (κ2) is 8.53. The van der Waals surface area contributed by atoms with Crippen molar-refractivity contribution in [1.82, 2.24) is 10.8 Å². The first-order valence-electron chi connectivity index (χ1n) is 8.37. The van der Waals surface area contributed by atoms with E-state index >= 15 is 0 Å². The molecular formula is C18H24N4O3. The maximum absolute atomic E-state index is 12.6. The Bertz CT molecular complexity index is 682. The molecule has 4 N–H and O–H groups in total. The van der Waals surface area contributed by atoms with Crippen molar-refractivity contribution in [2.45, 2.75) is 38.6 Å². The van der Waals surface area contributed by atoms with Crippen molar-refractivity contribution in [2.75, 3.05) is 7.05 Å². The van der Waals surface area contributed by atoms with Crippen molar-refractivity contribution >= 4 is 23.2 Å². The molecule has 1 aromatic carbocycles. The minimum atomic E-state index is -0.584. The first-order chi connectivity index (χ1) is 12.0. The highest BCUT2D eigenvalue weighted by atomic mass is 16.5. The minimum absolute atomic E-state index is 0.193. The van der Waals surface area contributed by atoms with Crippen molar-refractivity contribution in [3.05, 3.63) is 35.4 Å². The average Bonchev–Trinajstić information content (AvgIpc) is 2.63. The summed E-state index contributed by atoms with van der Waals surface area (Å²) in [5.74, 6) is -1.04. The van der Waals surface area contributed by atoms with E-state index in [0.29, 0.717) is 17.0 Å². The van der Waals surface area contributed by atoms with E-state index < -0.39 is 5.91 Å². The standard InChI is InChI=1S/C18H24N4O3/c1-11(12-7-9-13(10-8-12)17(23)22-25)21-18(24)16(20-2)14-5-3-4-6-15(14)19/h7-11,14,19,25H,3-6H2,1-2H3,(H,21,24)(H,22,23). The molecular weight excluding hydrogens is 320 g/mol. The molecule has 0 aliphatic heterocycles. The van der Waals surface area contributed by atoms with Gasteiger partial charge in [-0.05, 0) is 43.9 Å². The Labute approximate surface area is 147 Å². The predicted molar refractivity (Wildman–Crippen MR) is 95.3 cm³/mol. The van der Waals surface area contributed by atoms with Crippen LogP contribution in [-0.2, 0) is 4.79 Å². The minimum Gasteiger partial charge on any atom is -0.344 e. The molecule has 1 aromatic rings. The third-order valence-electron chi connectivity index (χ3n) is 4.54. The fourth-order valence-corrected chi connectivity index (χ4v) is 3.07.